The SMILES string of the molecule is COc1c(C)cc(C)cc1/C(O)=C1\C(=O)C(=O)N(CCCN(C)C)C1c1ccccn1. The lowest BCUT2D eigenvalue weighted by Crippen LogP contribution is -2.32. The summed E-state index contributed by atoms with van der Waals surface area (Å²) >= 11 is 0. The Morgan fingerprint density at radius 1 is 1.23 bits per heavy atom. The highest BCUT2D eigenvalue weighted by atomic mass is 16.5. The number of benzene rings is 1. The van der Waals surface area contributed by atoms with Gasteiger partial charge in [-0.15, -0.1) is 0 Å². The van der Waals surface area contributed by atoms with Crippen LogP contribution in [0.15, 0.2) is 42.1 Å². The Kier molecular flexibility index (Phi) is 6.75. The van der Waals surface area contributed by atoms with Crippen molar-refractivity contribution in [3.8, 4) is 5.75 Å². The number of hydrogen-bond acceptors (Lipinski definition) is 6. The summed E-state index contributed by atoms with van der Waals surface area (Å²) in [6.07, 6.45) is 2.31. The van der Waals surface area contributed by atoms with Crippen molar-refractivity contribution >= 4 is 17.4 Å². The zero-order chi connectivity index (χ0) is 22.7. The van der Waals surface area contributed by atoms with E-state index in [0.717, 1.165) is 17.7 Å². The lowest BCUT2D eigenvalue weighted by atomic mass is 9.95. The molecule has 1 N–H and O–H groups in total. The minimum absolute atomic E-state index is 0.0388. The monoisotopic (exact) mass is 423 g/mol. The Morgan fingerprint density at radius 3 is 2.58 bits per heavy atom. The number of aliphatic hydroxyl groups excluding tert-OH is 1. The number of ketones is 1. The van der Waals surface area contributed by atoms with E-state index in [9.17, 15) is 14.7 Å². The average molecular weight is 424 g/mol. The molecule has 0 radical (unpaired) electrons. The summed E-state index contributed by atoms with van der Waals surface area (Å²) in [5.41, 5.74) is 2.72. The number of amides is 1. The van der Waals surface area contributed by atoms with Gasteiger partial charge < -0.3 is 19.6 Å². The third-order valence-electron chi connectivity index (χ3n) is 5.39. The van der Waals surface area contributed by atoms with E-state index >= 15 is 0 Å². The Hall–Kier alpha value is -3.19. The molecule has 1 amide bonds. The number of methoxy groups -OCH3 is 1. The second-order valence-electron chi connectivity index (χ2n) is 8.07. The fourth-order valence-electron chi connectivity index (χ4n) is 4.06. The molecule has 7 nitrogen and oxygen atoms in total. The molecule has 0 saturated carbocycles. The number of nitrogens with zero attached hydrogens (tertiary/aromatic N) is 3. The lowest BCUT2D eigenvalue weighted by Gasteiger charge is -2.25. The summed E-state index contributed by atoms with van der Waals surface area (Å²) in [7, 11) is 5.43. The topological polar surface area (TPSA) is 83.0 Å². The van der Waals surface area contributed by atoms with Crippen molar-refractivity contribution < 1.29 is 19.4 Å². The van der Waals surface area contributed by atoms with Gasteiger partial charge in [0.25, 0.3) is 11.7 Å². The molecule has 1 fully saturated rings. The second kappa shape index (κ2) is 9.31. The van der Waals surface area contributed by atoms with E-state index in [4.69, 9.17) is 4.74 Å². The first-order chi connectivity index (χ1) is 14.8. The molecule has 7 heteroatoms. The summed E-state index contributed by atoms with van der Waals surface area (Å²) in [6.45, 7) is 4.92. The van der Waals surface area contributed by atoms with E-state index in [1.54, 1.807) is 30.5 Å². The van der Waals surface area contributed by atoms with E-state index in [1.165, 1.54) is 12.0 Å². The third-order valence-corrected chi connectivity index (χ3v) is 5.39. The molecule has 0 aliphatic carbocycles. The van der Waals surface area contributed by atoms with Crippen molar-refractivity contribution in [2.45, 2.75) is 26.3 Å². The maximum Gasteiger partial charge on any atom is 0.295 e. The first-order valence-electron chi connectivity index (χ1n) is 10.3. The molecule has 1 aliphatic rings. The first kappa shape index (κ1) is 22.5. The number of rotatable bonds is 7. The van der Waals surface area contributed by atoms with Gasteiger partial charge in [-0.05, 0) is 70.2 Å². The van der Waals surface area contributed by atoms with Crippen LogP contribution in [0.4, 0.5) is 0 Å². The number of carbonyl (C=O) groups is 2. The van der Waals surface area contributed by atoms with Gasteiger partial charge in [-0.2, -0.15) is 0 Å². The fourth-order valence-corrected chi connectivity index (χ4v) is 4.06. The zero-order valence-electron chi connectivity index (χ0n) is 18.7. The first-order valence-corrected chi connectivity index (χ1v) is 10.3. The number of pyridine rings is 1. The summed E-state index contributed by atoms with van der Waals surface area (Å²) in [4.78, 5) is 34.0. The highest BCUT2D eigenvalue weighted by Gasteiger charge is 2.46. The minimum atomic E-state index is -0.756. The van der Waals surface area contributed by atoms with Crippen LogP contribution in [0.5, 0.6) is 5.75 Å². The summed E-state index contributed by atoms with van der Waals surface area (Å²) in [5, 5.41) is 11.3. The summed E-state index contributed by atoms with van der Waals surface area (Å²) < 4.78 is 5.51. The van der Waals surface area contributed by atoms with Crippen LogP contribution in [0.25, 0.3) is 5.76 Å². The van der Waals surface area contributed by atoms with Crippen LogP contribution in [-0.2, 0) is 9.59 Å². The normalized spacial score (nSPS) is 18.1. The number of Topliss-reactive ketones (excluding diaryl/α,β-unsaturated/α-hetero) is 1. The molecule has 2 heterocycles. The van der Waals surface area contributed by atoms with E-state index < -0.39 is 17.7 Å². The average Bonchev–Trinajstić information content (AvgIpc) is 2.98. The maximum atomic E-state index is 13.1. The third kappa shape index (κ3) is 4.46. The predicted molar refractivity (Wildman–Crippen MR) is 119 cm³/mol. The molecule has 0 bridgehead atoms. The van der Waals surface area contributed by atoms with E-state index in [0.29, 0.717) is 30.0 Å². The Balaban J connectivity index is 2.17. The second-order valence-corrected chi connectivity index (χ2v) is 8.07. The smallest absolute Gasteiger partial charge is 0.295 e. The van der Waals surface area contributed by atoms with E-state index in [-0.39, 0.29) is 11.3 Å². The number of likely N-dealkylation sites (tertiary alicyclic amines) is 1. The van der Waals surface area contributed by atoms with Crippen molar-refractivity contribution in [2.75, 3.05) is 34.3 Å². The van der Waals surface area contributed by atoms with Gasteiger partial charge in [0.15, 0.2) is 0 Å². The number of aliphatic hydroxyl groups is 1. The van der Waals surface area contributed by atoms with Crippen LogP contribution in [-0.4, -0.2) is 65.9 Å². The highest BCUT2D eigenvalue weighted by Crippen LogP contribution is 2.41. The van der Waals surface area contributed by atoms with Crippen molar-refractivity contribution in [3.63, 3.8) is 0 Å². The molecule has 31 heavy (non-hydrogen) atoms. The van der Waals surface area contributed by atoms with E-state index in [2.05, 4.69) is 4.98 Å². The minimum Gasteiger partial charge on any atom is -0.507 e. The number of aryl methyl sites for hydroxylation is 2. The van der Waals surface area contributed by atoms with Gasteiger partial charge >= 0.3 is 0 Å². The molecule has 1 saturated heterocycles. The molecule has 1 aliphatic heterocycles. The van der Waals surface area contributed by atoms with Crippen LogP contribution in [0.3, 0.4) is 0 Å². The molecular weight excluding hydrogens is 394 g/mol. The predicted octanol–water partition coefficient (Wildman–Crippen LogP) is 3.08. The Morgan fingerprint density at radius 2 is 1.97 bits per heavy atom. The van der Waals surface area contributed by atoms with Gasteiger partial charge in [-0.1, -0.05) is 12.1 Å². The highest BCUT2D eigenvalue weighted by molar-refractivity contribution is 6.46. The molecule has 164 valence electrons. The van der Waals surface area contributed by atoms with Crippen molar-refractivity contribution in [1.82, 2.24) is 14.8 Å². The zero-order valence-corrected chi connectivity index (χ0v) is 18.7. The van der Waals surface area contributed by atoms with Crippen LogP contribution in [0, 0.1) is 13.8 Å². The number of ether oxygens (including phenoxy) is 1. The standard InChI is InChI=1S/C24H29N3O4/c1-15-13-16(2)23(31-5)17(14-15)21(28)19-20(18-9-6-7-10-25-18)27(24(30)22(19)29)12-8-11-26(3)4/h6-7,9-10,13-14,20,28H,8,11-12H2,1-5H3/b21-19+. The largest absolute Gasteiger partial charge is 0.507 e. The number of hydrogen-bond donors (Lipinski definition) is 1. The van der Waals surface area contributed by atoms with Gasteiger partial charge in [0.2, 0.25) is 0 Å². The molecule has 1 unspecified atom stereocenters. The summed E-state index contributed by atoms with van der Waals surface area (Å²) in [6, 6.07) is 8.28. The van der Waals surface area contributed by atoms with Crippen molar-refractivity contribution in [3.05, 3.63) is 64.5 Å². The molecule has 0 spiro atoms. The molecule has 3 rings (SSSR count). The van der Waals surface area contributed by atoms with Crippen molar-refractivity contribution in [1.29, 1.82) is 0 Å². The van der Waals surface area contributed by atoms with E-state index in [1.807, 2.05) is 38.9 Å². The van der Waals surface area contributed by atoms with Crippen LogP contribution in [0.2, 0.25) is 0 Å². The molecule has 1 aromatic carbocycles. The van der Waals surface area contributed by atoms with Gasteiger partial charge in [-0.25, -0.2) is 0 Å². The van der Waals surface area contributed by atoms with Crippen molar-refractivity contribution in [2.24, 2.45) is 0 Å². The Bertz CT molecular complexity index is 1010. The molecule has 1 atom stereocenters. The van der Waals surface area contributed by atoms with Crippen LogP contribution >= 0.6 is 0 Å². The lowest BCUT2D eigenvalue weighted by molar-refractivity contribution is -0.140. The summed E-state index contributed by atoms with van der Waals surface area (Å²) in [5.74, 6) is -1.10. The van der Waals surface area contributed by atoms with Gasteiger partial charge in [-0.3, -0.25) is 14.6 Å². The van der Waals surface area contributed by atoms with Gasteiger partial charge in [0.05, 0.1) is 23.9 Å². The maximum absolute atomic E-state index is 13.1. The number of aromatic nitrogens is 1. The number of carbonyl (C=O) groups excluding carboxylic acids is 2. The molecular formula is C24H29N3O4. The Labute approximate surface area is 183 Å². The van der Waals surface area contributed by atoms with Gasteiger partial charge in [0.1, 0.15) is 17.6 Å². The van der Waals surface area contributed by atoms with Crippen LogP contribution in [0.1, 0.15) is 34.8 Å². The van der Waals surface area contributed by atoms with Crippen LogP contribution < -0.4 is 4.74 Å². The fraction of sp³-hybridized carbons (Fsp3) is 0.375. The van der Waals surface area contributed by atoms with Gasteiger partial charge in [0, 0.05) is 12.7 Å². The quantitative estimate of drug-likeness (QED) is 0.419. The molecule has 2 aromatic rings. The molecule has 1 aromatic heterocycles.